The van der Waals surface area contributed by atoms with E-state index in [1.54, 1.807) is 0 Å². The number of benzene rings is 1. The molecule has 0 radical (unpaired) electrons. The maximum absolute atomic E-state index is 5.47. The molecule has 1 atom stereocenters. The summed E-state index contributed by atoms with van der Waals surface area (Å²) >= 11 is 1.92. The first kappa shape index (κ1) is 11.2. The Hall–Kier alpha value is -0.900. The van der Waals surface area contributed by atoms with Gasteiger partial charge < -0.3 is 10.1 Å². The summed E-state index contributed by atoms with van der Waals surface area (Å²) in [5.74, 6) is 0. The van der Waals surface area contributed by atoms with Gasteiger partial charge in [-0.3, -0.25) is 0 Å². The average molecular weight is 247 g/mol. The molecule has 2 aromatic rings. The normalized spacial score (nSPS) is 20.8. The number of thiophene rings is 1. The Kier molecular flexibility index (Phi) is 3.41. The van der Waals surface area contributed by atoms with Gasteiger partial charge in [0.05, 0.1) is 13.2 Å². The Bertz CT molecular complexity index is 455. The quantitative estimate of drug-likeness (QED) is 0.900. The highest BCUT2D eigenvalue weighted by Gasteiger charge is 2.13. The number of fused-ring (bicyclic) bond motifs is 1. The van der Waals surface area contributed by atoms with Crippen LogP contribution in [-0.4, -0.2) is 25.8 Å². The predicted octanol–water partition coefficient (Wildman–Crippen LogP) is 2.82. The molecule has 1 saturated heterocycles. The first-order valence-electron chi connectivity index (χ1n) is 6.20. The molecule has 1 aliphatic rings. The molecule has 0 aliphatic carbocycles. The van der Waals surface area contributed by atoms with Crippen molar-refractivity contribution in [2.75, 3.05) is 19.8 Å². The molecule has 0 amide bonds. The fourth-order valence-corrected chi connectivity index (χ4v) is 3.36. The van der Waals surface area contributed by atoms with Crippen molar-refractivity contribution in [2.24, 2.45) is 0 Å². The van der Waals surface area contributed by atoms with E-state index in [2.05, 4.69) is 35.6 Å². The highest BCUT2D eigenvalue weighted by atomic mass is 32.1. The van der Waals surface area contributed by atoms with Crippen LogP contribution in [0.15, 0.2) is 30.3 Å². The molecule has 2 nitrogen and oxygen atoms in total. The number of ether oxygens (including phenoxy) is 1. The molecule has 1 aromatic heterocycles. The largest absolute Gasteiger partial charge is 0.379 e. The molecule has 0 saturated carbocycles. The summed E-state index contributed by atoms with van der Waals surface area (Å²) in [6.45, 7) is 2.72. The zero-order valence-electron chi connectivity index (χ0n) is 9.82. The first-order valence-corrected chi connectivity index (χ1v) is 7.02. The van der Waals surface area contributed by atoms with E-state index in [9.17, 15) is 0 Å². The smallest absolute Gasteiger partial charge is 0.0620 e. The van der Waals surface area contributed by atoms with Crippen LogP contribution in [0.4, 0.5) is 0 Å². The van der Waals surface area contributed by atoms with Crippen molar-refractivity contribution in [2.45, 2.75) is 18.9 Å². The minimum absolute atomic E-state index is 0.536. The van der Waals surface area contributed by atoms with Gasteiger partial charge in [-0.2, -0.15) is 0 Å². The molecular formula is C14H17NOS. The summed E-state index contributed by atoms with van der Waals surface area (Å²) in [4.78, 5) is 1.48. The predicted molar refractivity (Wildman–Crippen MR) is 72.8 cm³/mol. The third kappa shape index (κ3) is 2.68. The molecule has 17 heavy (non-hydrogen) atoms. The number of aryl methyl sites for hydroxylation is 1. The van der Waals surface area contributed by atoms with Crippen LogP contribution in [0.25, 0.3) is 10.1 Å². The molecule has 1 fully saturated rings. The standard InChI is InChI=1S/C14H17NOS/c1-2-4-14-11(3-1)9-13(17-14)6-5-12-10-16-8-7-15-12/h1-4,9,12,15H,5-8,10H2. The van der Waals surface area contributed by atoms with Crippen LogP contribution < -0.4 is 5.32 Å². The minimum atomic E-state index is 0.536. The van der Waals surface area contributed by atoms with Crippen LogP contribution in [-0.2, 0) is 11.2 Å². The molecule has 0 bridgehead atoms. The number of hydrogen-bond donors (Lipinski definition) is 1. The van der Waals surface area contributed by atoms with Crippen molar-refractivity contribution >= 4 is 21.4 Å². The molecule has 90 valence electrons. The second-order valence-corrected chi connectivity index (χ2v) is 5.68. The van der Waals surface area contributed by atoms with Gasteiger partial charge in [0.1, 0.15) is 0 Å². The number of morpholine rings is 1. The fraction of sp³-hybridized carbons (Fsp3) is 0.429. The number of rotatable bonds is 3. The lowest BCUT2D eigenvalue weighted by molar-refractivity contribution is 0.0744. The molecule has 1 unspecified atom stereocenters. The second-order valence-electron chi connectivity index (χ2n) is 4.52. The van der Waals surface area contributed by atoms with Crippen LogP contribution in [0, 0.1) is 0 Å². The summed E-state index contributed by atoms with van der Waals surface area (Å²) in [5.41, 5.74) is 0. The lowest BCUT2D eigenvalue weighted by Crippen LogP contribution is -2.41. The van der Waals surface area contributed by atoms with Crippen molar-refractivity contribution < 1.29 is 4.74 Å². The lowest BCUT2D eigenvalue weighted by Gasteiger charge is -2.23. The van der Waals surface area contributed by atoms with Crippen LogP contribution in [0.5, 0.6) is 0 Å². The van der Waals surface area contributed by atoms with Gasteiger partial charge in [0.25, 0.3) is 0 Å². The summed E-state index contributed by atoms with van der Waals surface area (Å²) in [6, 6.07) is 11.5. The molecule has 2 heterocycles. The van der Waals surface area contributed by atoms with Gasteiger partial charge in [-0.15, -0.1) is 11.3 Å². The van der Waals surface area contributed by atoms with Gasteiger partial charge >= 0.3 is 0 Å². The van der Waals surface area contributed by atoms with Crippen molar-refractivity contribution in [1.82, 2.24) is 5.32 Å². The number of nitrogens with one attached hydrogen (secondary N) is 1. The average Bonchev–Trinajstić information content (AvgIpc) is 2.80. The molecular weight excluding hydrogens is 230 g/mol. The van der Waals surface area contributed by atoms with Crippen LogP contribution >= 0.6 is 11.3 Å². The van der Waals surface area contributed by atoms with E-state index in [1.165, 1.54) is 21.4 Å². The summed E-state index contributed by atoms with van der Waals surface area (Å²) in [6.07, 6.45) is 2.33. The van der Waals surface area contributed by atoms with E-state index in [-0.39, 0.29) is 0 Å². The van der Waals surface area contributed by atoms with E-state index in [0.717, 1.165) is 26.2 Å². The summed E-state index contributed by atoms with van der Waals surface area (Å²) in [5, 5.41) is 4.88. The van der Waals surface area contributed by atoms with Crippen LogP contribution in [0.2, 0.25) is 0 Å². The van der Waals surface area contributed by atoms with E-state index in [1.807, 2.05) is 11.3 Å². The van der Waals surface area contributed by atoms with Crippen molar-refractivity contribution in [1.29, 1.82) is 0 Å². The van der Waals surface area contributed by atoms with Gasteiger partial charge in [-0.25, -0.2) is 0 Å². The summed E-state index contributed by atoms with van der Waals surface area (Å²) in [7, 11) is 0. The maximum atomic E-state index is 5.47. The van der Waals surface area contributed by atoms with Gasteiger partial charge in [0.2, 0.25) is 0 Å². The van der Waals surface area contributed by atoms with E-state index >= 15 is 0 Å². The van der Waals surface area contributed by atoms with Crippen LogP contribution in [0.1, 0.15) is 11.3 Å². The summed E-state index contributed by atoms with van der Waals surface area (Å²) < 4.78 is 6.87. The zero-order valence-corrected chi connectivity index (χ0v) is 10.6. The Morgan fingerprint density at radius 3 is 3.12 bits per heavy atom. The monoisotopic (exact) mass is 247 g/mol. The molecule has 1 aliphatic heterocycles. The van der Waals surface area contributed by atoms with Crippen LogP contribution in [0.3, 0.4) is 0 Å². The van der Waals surface area contributed by atoms with E-state index in [4.69, 9.17) is 4.74 Å². The van der Waals surface area contributed by atoms with Gasteiger partial charge in [0.15, 0.2) is 0 Å². The number of hydrogen-bond acceptors (Lipinski definition) is 3. The fourth-order valence-electron chi connectivity index (χ4n) is 2.28. The third-order valence-electron chi connectivity index (χ3n) is 3.21. The first-order chi connectivity index (χ1) is 8.42. The minimum Gasteiger partial charge on any atom is -0.379 e. The Morgan fingerprint density at radius 2 is 2.29 bits per heavy atom. The van der Waals surface area contributed by atoms with Gasteiger partial charge in [0, 0.05) is 22.2 Å². The Labute approximate surface area is 106 Å². The van der Waals surface area contributed by atoms with Crippen molar-refractivity contribution in [3.05, 3.63) is 35.2 Å². The van der Waals surface area contributed by atoms with E-state index in [0.29, 0.717) is 6.04 Å². The molecule has 0 spiro atoms. The molecule has 1 N–H and O–H groups in total. The van der Waals surface area contributed by atoms with E-state index < -0.39 is 0 Å². The Morgan fingerprint density at radius 1 is 1.35 bits per heavy atom. The lowest BCUT2D eigenvalue weighted by atomic mass is 10.1. The molecule has 3 rings (SSSR count). The van der Waals surface area contributed by atoms with Crippen molar-refractivity contribution in [3.8, 4) is 0 Å². The highest BCUT2D eigenvalue weighted by Crippen LogP contribution is 2.26. The highest BCUT2D eigenvalue weighted by molar-refractivity contribution is 7.19. The topological polar surface area (TPSA) is 21.3 Å². The van der Waals surface area contributed by atoms with Gasteiger partial charge in [-0.1, -0.05) is 18.2 Å². The molecule has 1 aromatic carbocycles. The third-order valence-corrected chi connectivity index (χ3v) is 4.39. The zero-order chi connectivity index (χ0) is 11.5. The SMILES string of the molecule is c1ccc2sc(CCC3COCCN3)cc2c1. The van der Waals surface area contributed by atoms with Gasteiger partial charge in [-0.05, 0) is 30.4 Å². The maximum Gasteiger partial charge on any atom is 0.0620 e. The van der Waals surface area contributed by atoms with Crippen molar-refractivity contribution in [3.63, 3.8) is 0 Å². The molecule has 3 heteroatoms. The second kappa shape index (κ2) is 5.17. The Balaban J connectivity index is 1.64.